The molecule has 3 rings (SSSR count). The van der Waals surface area contributed by atoms with Gasteiger partial charge in [0.05, 0.1) is 0 Å². The Hall–Kier alpha value is -1.92. The Bertz CT molecular complexity index is 803. The monoisotopic (exact) mass is 401 g/mol. The van der Waals surface area contributed by atoms with Gasteiger partial charge in [0.15, 0.2) is 11.7 Å². The topological polar surface area (TPSA) is 54.5 Å². The van der Waals surface area contributed by atoms with Gasteiger partial charge in [0.2, 0.25) is 0 Å². The fraction of sp³-hybridized carbons (Fsp3) is 0.545. The fourth-order valence-corrected chi connectivity index (χ4v) is 4.43. The molecule has 1 aliphatic rings. The number of carbonyl (C=O) groups excluding carboxylic acids is 1. The molecule has 1 saturated heterocycles. The molecule has 5 nitrogen and oxygen atoms in total. The number of hydrogen-bond donors (Lipinski definition) is 1. The van der Waals surface area contributed by atoms with Gasteiger partial charge in [0.25, 0.3) is 5.91 Å². The van der Waals surface area contributed by atoms with Crippen LogP contribution in [0.1, 0.15) is 62.0 Å². The van der Waals surface area contributed by atoms with Crippen molar-refractivity contribution in [1.82, 2.24) is 9.88 Å². The third-order valence-electron chi connectivity index (χ3n) is 5.25. The number of amides is 1. The molecule has 6 heteroatoms. The van der Waals surface area contributed by atoms with Gasteiger partial charge in [-0.2, -0.15) is 0 Å². The second-order valence-electron chi connectivity index (χ2n) is 7.98. The second-order valence-corrected chi connectivity index (χ2v) is 9.10. The van der Waals surface area contributed by atoms with Crippen LogP contribution >= 0.6 is 11.3 Å². The Labute approximate surface area is 172 Å². The highest BCUT2D eigenvalue weighted by Crippen LogP contribution is 2.28. The van der Waals surface area contributed by atoms with Gasteiger partial charge in [-0.05, 0) is 56.3 Å². The maximum Gasteiger partial charge on any atom is 0.264 e. The van der Waals surface area contributed by atoms with E-state index in [1.807, 2.05) is 19.2 Å². The van der Waals surface area contributed by atoms with E-state index in [-0.39, 0.29) is 12.5 Å². The van der Waals surface area contributed by atoms with E-state index in [0.717, 1.165) is 30.0 Å². The van der Waals surface area contributed by atoms with Gasteiger partial charge in [0.1, 0.15) is 5.75 Å². The Balaban J connectivity index is 1.53. The van der Waals surface area contributed by atoms with Gasteiger partial charge in [-0.1, -0.05) is 32.4 Å². The number of nitrogens with one attached hydrogen (secondary N) is 1. The maximum absolute atomic E-state index is 12.3. The molecule has 1 aromatic carbocycles. The first-order valence-electron chi connectivity index (χ1n) is 10.1. The highest BCUT2D eigenvalue weighted by molar-refractivity contribution is 7.15. The first kappa shape index (κ1) is 20.8. The number of rotatable bonds is 7. The number of nitrogens with zero attached hydrogens (tertiary/aromatic N) is 2. The van der Waals surface area contributed by atoms with E-state index in [9.17, 15) is 4.79 Å². The first-order chi connectivity index (χ1) is 13.4. The van der Waals surface area contributed by atoms with Crippen LogP contribution in [0, 0.1) is 6.92 Å². The van der Waals surface area contributed by atoms with Crippen LogP contribution in [0.3, 0.4) is 0 Å². The summed E-state index contributed by atoms with van der Waals surface area (Å²) < 4.78 is 5.81. The molecule has 0 spiro atoms. The summed E-state index contributed by atoms with van der Waals surface area (Å²) in [5.41, 5.74) is 2.24. The van der Waals surface area contributed by atoms with Crippen molar-refractivity contribution >= 4 is 22.4 Å². The number of aryl methyl sites for hydroxylation is 1. The number of likely N-dealkylation sites (tertiary alicyclic amines) is 1. The van der Waals surface area contributed by atoms with Crippen LogP contribution < -0.4 is 10.1 Å². The molecule has 1 unspecified atom stereocenters. The predicted molar refractivity (Wildman–Crippen MR) is 115 cm³/mol. The van der Waals surface area contributed by atoms with Gasteiger partial charge in [-0.15, -0.1) is 11.3 Å². The van der Waals surface area contributed by atoms with E-state index in [2.05, 4.69) is 48.1 Å². The number of benzene rings is 1. The normalized spacial score (nSPS) is 17.7. The standard InChI is InChI=1S/C22H31N3O2S/c1-15(2)19-9-8-16(3)11-20(19)27-14-21(26)24-22-23-12-18(28-22)13-25-10-6-5-7-17(25)4/h8-9,11-12,15,17H,5-7,10,13-14H2,1-4H3,(H,23,24,26). The minimum Gasteiger partial charge on any atom is -0.483 e. The molecule has 1 atom stereocenters. The Kier molecular flexibility index (Phi) is 7.08. The zero-order valence-corrected chi connectivity index (χ0v) is 18.1. The SMILES string of the molecule is Cc1ccc(C(C)C)c(OCC(=O)Nc2ncc(CN3CCCCC3C)s2)c1. The molecule has 1 N–H and O–H groups in total. The molecule has 2 aromatic rings. The fourth-order valence-electron chi connectivity index (χ4n) is 3.57. The van der Waals surface area contributed by atoms with Crippen LogP contribution in [0.15, 0.2) is 24.4 Å². The number of carbonyl (C=O) groups is 1. The highest BCUT2D eigenvalue weighted by atomic mass is 32.1. The van der Waals surface area contributed by atoms with Crippen molar-refractivity contribution in [3.63, 3.8) is 0 Å². The quantitative estimate of drug-likeness (QED) is 0.712. The lowest BCUT2D eigenvalue weighted by atomic mass is 10.0. The minimum absolute atomic E-state index is 0.0127. The van der Waals surface area contributed by atoms with Gasteiger partial charge >= 0.3 is 0 Å². The third kappa shape index (κ3) is 5.55. The van der Waals surface area contributed by atoms with Crippen LogP contribution in [0.5, 0.6) is 5.75 Å². The highest BCUT2D eigenvalue weighted by Gasteiger charge is 2.19. The smallest absolute Gasteiger partial charge is 0.264 e. The van der Waals surface area contributed by atoms with Crippen LogP contribution in [-0.2, 0) is 11.3 Å². The summed E-state index contributed by atoms with van der Waals surface area (Å²) in [7, 11) is 0. The Morgan fingerprint density at radius 3 is 2.96 bits per heavy atom. The van der Waals surface area contributed by atoms with Crippen LogP contribution in [0.25, 0.3) is 0 Å². The molecule has 28 heavy (non-hydrogen) atoms. The molecule has 0 saturated carbocycles. The third-order valence-corrected chi connectivity index (χ3v) is 6.15. The summed E-state index contributed by atoms with van der Waals surface area (Å²) in [5, 5.41) is 3.51. The van der Waals surface area contributed by atoms with Crippen LogP contribution in [0.4, 0.5) is 5.13 Å². The Morgan fingerprint density at radius 2 is 2.21 bits per heavy atom. The maximum atomic E-state index is 12.3. The molecule has 0 bridgehead atoms. The number of piperidine rings is 1. The van der Waals surface area contributed by atoms with E-state index in [4.69, 9.17) is 4.74 Å². The molecule has 2 heterocycles. The summed E-state index contributed by atoms with van der Waals surface area (Å²) in [6.45, 7) is 10.6. The van der Waals surface area contributed by atoms with Gasteiger partial charge in [-0.25, -0.2) is 4.98 Å². The van der Waals surface area contributed by atoms with Crippen molar-refractivity contribution in [1.29, 1.82) is 0 Å². The first-order valence-corrected chi connectivity index (χ1v) is 11.0. The molecule has 0 aliphatic carbocycles. The summed E-state index contributed by atoms with van der Waals surface area (Å²) in [6.07, 6.45) is 5.72. The lowest BCUT2D eigenvalue weighted by Gasteiger charge is -2.32. The van der Waals surface area contributed by atoms with Crippen LogP contribution in [0.2, 0.25) is 0 Å². The summed E-state index contributed by atoms with van der Waals surface area (Å²) in [5.74, 6) is 0.949. The van der Waals surface area contributed by atoms with E-state index in [0.29, 0.717) is 17.1 Å². The van der Waals surface area contributed by atoms with E-state index < -0.39 is 0 Å². The average molecular weight is 402 g/mol. The van der Waals surface area contributed by atoms with Crippen molar-refractivity contribution in [2.45, 2.75) is 65.5 Å². The second kappa shape index (κ2) is 9.52. The number of ether oxygens (including phenoxy) is 1. The van der Waals surface area contributed by atoms with Crippen molar-refractivity contribution in [2.24, 2.45) is 0 Å². The molecule has 1 fully saturated rings. The van der Waals surface area contributed by atoms with Crippen molar-refractivity contribution < 1.29 is 9.53 Å². The van der Waals surface area contributed by atoms with E-state index in [1.54, 1.807) is 11.3 Å². The molecule has 1 aliphatic heterocycles. The summed E-state index contributed by atoms with van der Waals surface area (Å²) in [6, 6.07) is 6.75. The number of thiazole rings is 1. The van der Waals surface area contributed by atoms with Crippen molar-refractivity contribution in [3.8, 4) is 5.75 Å². The molecule has 1 aromatic heterocycles. The van der Waals surface area contributed by atoms with Crippen LogP contribution in [-0.4, -0.2) is 35.0 Å². The zero-order chi connectivity index (χ0) is 20.1. The lowest BCUT2D eigenvalue weighted by molar-refractivity contribution is -0.118. The summed E-state index contributed by atoms with van der Waals surface area (Å²) in [4.78, 5) is 20.4. The molecule has 0 radical (unpaired) electrons. The number of anilines is 1. The zero-order valence-electron chi connectivity index (χ0n) is 17.3. The van der Waals surface area contributed by atoms with Crippen molar-refractivity contribution in [3.05, 3.63) is 40.4 Å². The average Bonchev–Trinajstić information content (AvgIpc) is 3.08. The minimum atomic E-state index is -0.177. The van der Waals surface area contributed by atoms with Crippen molar-refractivity contribution in [2.75, 3.05) is 18.5 Å². The van der Waals surface area contributed by atoms with Gasteiger partial charge < -0.3 is 4.74 Å². The molecule has 152 valence electrons. The van der Waals surface area contributed by atoms with E-state index in [1.165, 1.54) is 24.1 Å². The Morgan fingerprint density at radius 1 is 1.39 bits per heavy atom. The molecular weight excluding hydrogens is 370 g/mol. The molecule has 1 amide bonds. The van der Waals surface area contributed by atoms with E-state index >= 15 is 0 Å². The predicted octanol–water partition coefficient (Wildman–Crippen LogP) is 4.97. The largest absolute Gasteiger partial charge is 0.483 e. The summed E-state index contributed by atoms with van der Waals surface area (Å²) >= 11 is 1.55. The van der Waals surface area contributed by atoms with Gasteiger partial charge in [0, 0.05) is 23.7 Å². The molecular formula is C22H31N3O2S. The number of hydrogen-bond acceptors (Lipinski definition) is 5. The number of aromatic nitrogens is 1. The lowest BCUT2D eigenvalue weighted by Crippen LogP contribution is -2.36. The van der Waals surface area contributed by atoms with Gasteiger partial charge in [-0.3, -0.25) is 15.0 Å².